The number of nitrogens with one attached hydrogen (secondary N) is 1. The van der Waals surface area contributed by atoms with Gasteiger partial charge in [0, 0.05) is 31.1 Å². The predicted octanol–water partition coefficient (Wildman–Crippen LogP) is 2.62. The molecule has 1 aromatic carbocycles. The summed E-state index contributed by atoms with van der Waals surface area (Å²) in [6, 6.07) is 13.9. The molecular formula is C16H18N2O2S. The topological polar surface area (TPSA) is 45.5 Å². The summed E-state index contributed by atoms with van der Waals surface area (Å²) in [5, 5.41) is 3.24. The van der Waals surface area contributed by atoms with Crippen LogP contribution in [0.4, 0.5) is 0 Å². The Morgan fingerprint density at radius 2 is 1.90 bits per heavy atom. The van der Waals surface area contributed by atoms with Gasteiger partial charge in [0.05, 0.1) is 5.75 Å². The first kappa shape index (κ1) is 14.2. The Morgan fingerprint density at radius 1 is 1.14 bits per heavy atom. The van der Waals surface area contributed by atoms with Crippen LogP contribution in [-0.4, -0.2) is 37.0 Å². The molecule has 1 N–H and O–H groups in total. The Balaban J connectivity index is 1.59. The number of nitrogens with zero attached hydrogens (tertiary/aromatic N) is 1. The SMILES string of the molecule is O=C(c1ccc(CSc2ccccc2)o1)N1CCNCC1. The van der Waals surface area contributed by atoms with E-state index in [0.29, 0.717) is 5.76 Å². The van der Waals surface area contributed by atoms with Gasteiger partial charge in [0.15, 0.2) is 5.76 Å². The van der Waals surface area contributed by atoms with Crippen LogP contribution in [-0.2, 0) is 5.75 Å². The van der Waals surface area contributed by atoms with Gasteiger partial charge in [0.2, 0.25) is 0 Å². The molecule has 4 nitrogen and oxygen atoms in total. The largest absolute Gasteiger partial charge is 0.455 e. The zero-order chi connectivity index (χ0) is 14.5. The second-order valence-electron chi connectivity index (χ2n) is 4.91. The van der Waals surface area contributed by atoms with Crippen molar-refractivity contribution in [1.29, 1.82) is 0 Å². The number of thioether (sulfide) groups is 1. The fraction of sp³-hybridized carbons (Fsp3) is 0.312. The zero-order valence-corrected chi connectivity index (χ0v) is 12.6. The lowest BCUT2D eigenvalue weighted by Crippen LogP contribution is -2.46. The van der Waals surface area contributed by atoms with Crippen LogP contribution in [0.3, 0.4) is 0 Å². The zero-order valence-electron chi connectivity index (χ0n) is 11.7. The van der Waals surface area contributed by atoms with Gasteiger partial charge in [-0.3, -0.25) is 4.79 Å². The second-order valence-corrected chi connectivity index (χ2v) is 5.96. The van der Waals surface area contributed by atoms with Gasteiger partial charge in [-0.2, -0.15) is 0 Å². The van der Waals surface area contributed by atoms with Crippen LogP contribution in [0.25, 0.3) is 0 Å². The number of amides is 1. The summed E-state index contributed by atoms with van der Waals surface area (Å²) >= 11 is 1.71. The van der Waals surface area contributed by atoms with E-state index in [1.165, 1.54) is 4.90 Å². The lowest BCUT2D eigenvalue weighted by molar-refractivity contribution is 0.0702. The van der Waals surface area contributed by atoms with E-state index >= 15 is 0 Å². The molecule has 1 amide bonds. The summed E-state index contributed by atoms with van der Waals surface area (Å²) < 4.78 is 5.69. The van der Waals surface area contributed by atoms with Crippen LogP contribution >= 0.6 is 11.8 Å². The van der Waals surface area contributed by atoms with E-state index in [0.717, 1.165) is 37.7 Å². The van der Waals surface area contributed by atoms with Crippen molar-refractivity contribution in [2.24, 2.45) is 0 Å². The van der Waals surface area contributed by atoms with Crippen LogP contribution in [0.2, 0.25) is 0 Å². The van der Waals surface area contributed by atoms with Crippen molar-refractivity contribution >= 4 is 17.7 Å². The first-order valence-corrected chi connectivity index (χ1v) is 8.08. The Labute approximate surface area is 128 Å². The summed E-state index contributed by atoms with van der Waals surface area (Å²) in [4.78, 5) is 15.3. The van der Waals surface area contributed by atoms with E-state index in [1.54, 1.807) is 17.8 Å². The minimum Gasteiger partial charge on any atom is -0.455 e. The summed E-state index contributed by atoms with van der Waals surface area (Å²) in [6.45, 7) is 3.19. The van der Waals surface area contributed by atoms with E-state index in [2.05, 4.69) is 17.4 Å². The third-order valence-electron chi connectivity index (χ3n) is 3.40. The molecule has 5 heteroatoms. The fourth-order valence-corrected chi connectivity index (χ4v) is 3.08. The molecule has 1 aliphatic heterocycles. The molecule has 3 rings (SSSR count). The summed E-state index contributed by atoms with van der Waals surface area (Å²) in [5.74, 6) is 2.01. The Hall–Kier alpha value is -1.72. The van der Waals surface area contributed by atoms with E-state index in [-0.39, 0.29) is 5.91 Å². The van der Waals surface area contributed by atoms with Gasteiger partial charge in [-0.05, 0) is 24.3 Å². The maximum absolute atomic E-state index is 12.3. The number of carbonyl (C=O) groups is 1. The van der Waals surface area contributed by atoms with E-state index < -0.39 is 0 Å². The molecule has 2 aromatic rings. The highest BCUT2D eigenvalue weighted by atomic mass is 32.2. The average molecular weight is 302 g/mol. The van der Waals surface area contributed by atoms with Crippen molar-refractivity contribution in [2.75, 3.05) is 26.2 Å². The molecule has 0 atom stereocenters. The van der Waals surface area contributed by atoms with E-state index in [9.17, 15) is 4.79 Å². The number of carbonyl (C=O) groups excluding carboxylic acids is 1. The van der Waals surface area contributed by atoms with Crippen LogP contribution in [0, 0.1) is 0 Å². The van der Waals surface area contributed by atoms with Crippen LogP contribution in [0.1, 0.15) is 16.3 Å². The first-order valence-electron chi connectivity index (χ1n) is 7.09. The van der Waals surface area contributed by atoms with E-state index in [1.807, 2.05) is 29.2 Å². The molecular weight excluding hydrogens is 284 g/mol. The molecule has 0 saturated carbocycles. The Kier molecular flexibility index (Phi) is 4.62. The van der Waals surface area contributed by atoms with Gasteiger partial charge in [0.25, 0.3) is 5.91 Å². The number of hydrogen-bond acceptors (Lipinski definition) is 4. The second kappa shape index (κ2) is 6.83. The molecule has 0 radical (unpaired) electrons. The summed E-state index contributed by atoms with van der Waals surface area (Å²) in [7, 11) is 0. The molecule has 0 bridgehead atoms. The highest BCUT2D eigenvalue weighted by Crippen LogP contribution is 2.23. The number of hydrogen-bond donors (Lipinski definition) is 1. The van der Waals surface area contributed by atoms with Crippen molar-refractivity contribution in [2.45, 2.75) is 10.6 Å². The van der Waals surface area contributed by atoms with Gasteiger partial charge < -0.3 is 14.6 Å². The average Bonchev–Trinajstić information content (AvgIpc) is 3.03. The molecule has 1 aliphatic rings. The van der Waals surface area contributed by atoms with Crippen LogP contribution in [0.15, 0.2) is 51.8 Å². The molecule has 0 spiro atoms. The maximum atomic E-state index is 12.3. The van der Waals surface area contributed by atoms with Crippen molar-refractivity contribution < 1.29 is 9.21 Å². The van der Waals surface area contributed by atoms with E-state index in [4.69, 9.17) is 4.42 Å². The highest BCUT2D eigenvalue weighted by Gasteiger charge is 2.20. The monoisotopic (exact) mass is 302 g/mol. The van der Waals surface area contributed by atoms with Gasteiger partial charge in [-0.15, -0.1) is 11.8 Å². The van der Waals surface area contributed by atoms with Gasteiger partial charge in [-0.1, -0.05) is 18.2 Å². The highest BCUT2D eigenvalue weighted by molar-refractivity contribution is 7.98. The minimum atomic E-state index is -0.00698. The molecule has 110 valence electrons. The van der Waals surface area contributed by atoms with Gasteiger partial charge >= 0.3 is 0 Å². The number of furan rings is 1. The fourth-order valence-electron chi connectivity index (χ4n) is 2.27. The predicted molar refractivity (Wildman–Crippen MR) is 83.5 cm³/mol. The molecule has 0 aliphatic carbocycles. The molecule has 1 aromatic heterocycles. The lowest BCUT2D eigenvalue weighted by atomic mass is 10.3. The quantitative estimate of drug-likeness (QED) is 0.882. The molecule has 1 saturated heterocycles. The molecule has 0 unspecified atom stereocenters. The Bertz CT molecular complexity index is 591. The minimum absolute atomic E-state index is 0.00698. The lowest BCUT2D eigenvalue weighted by Gasteiger charge is -2.26. The van der Waals surface area contributed by atoms with Crippen molar-refractivity contribution in [3.05, 3.63) is 54.0 Å². The number of benzene rings is 1. The smallest absolute Gasteiger partial charge is 0.289 e. The van der Waals surface area contributed by atoms with Gasteiger partial charge in [0.1, 0.15) is 5.76 Å². The van der Waals surface area contributed by atoms with Crippen molar-refractivity contribution in [1.82, 2.24) is 10.2 Å². The summed E-state index contributed by atoms with van der Waals surface area (Å²) in [6.07, 6.45) is 0. The standard InChI is InChI=1S/C16H18N2O2S/c19-16(18-10-8-17-9-11-18)15-7-6-13(20-15)12-21-14-4-2-1-3-5-14/h1-7,17H,8-12H2. The molecule has 1 fully saturated rings. The first-order chi connectivity index (χ1) is 10.3. The molecule has 2 heterocycles. The third-order valence-corrected chi connectivity index (χ3v) is 4.44. The molecule has 21 heavy (non-hydrogen) atoms. The maximum Gasteiger partial charge on any atom is 0.289 e. The third kappa shape index (κ3) is 3.68. The number of piperazine rings is 1. The number of rotatable bonds is 4. The normalized spacial score (nSPS) is 15.1. The van der Waals surface area contributed by atoms with Crippen LogP contribution in [0.5, 0.6) is 0 Å². The summed E-state index contributed by atoms with van der Waals surface area (Å²) in [5.41, 5.74) is 0. The van der Waals surface area contributed by atoms with Crippen molar-refractivity contribution in [3.63, 3.8) is 0 Å². The van der Waals surface area contributed by atoms with Gasteiger partial charge in [-0.25, -0.2) is 0 Å². The Morgan fingerprint density at radius 3 is 2.67 bits per heavy atom. The van der Waals surface area contributed by atoms with Crippen molar-refractivity contribution in [3.8, 4) is 0 Å². The van der Waals surface area contributed by atoms with Crippen LogP contribution < -0.4 is 5.32 Å².